The van der Waals surface area contributed by atoms with Gasteiger partial charge in [0.05, 0.1) is 11.2 Å². The van der Waals surface area contributed by atoms with Crippen molar-refractivity contribution in [2.45, 2.75) is 20.3 Å². The van der Waals surface area contributed by atoms with Crippen LogP contribution >= 0.6 is 12.4 Å². The second kappa shape index (κ2) is 8.58. The van der Waals surface area contributed by atoms with Crippen LogP contribution in [0.2, 0.25) is 0 Å². The molecule has 0 radical (unpaired) electrons. The first kappa shape index (κ1) is 19.6. The van der Waals surface area contributed by atoms with Crippen LogP contribution in [0.5, 0.6) is 0 Å². The summed E-state index contributed by atoms with van der Waals surface area (Å²) in [5.74, 6) is 0. The van der Waals surface area contributed by atoms with Crippen LogP contribution in [0, 0.1) is 0 Å². The van der Waals surface area contributed by atoms with E-state index in [1.54, 1.807) is 12.4 Å². The van der Waals surface area contributed by atoms with Gasteiger partial charge < -0.3 is 5.11 Å². The highest BCUT2D eigenvalue weighted by atomic mass is 35.5. The number of anilines is 2. The van der Waals surface area contributed by atoms with Crippen molar-refractivity contribution in [1.29, 1.82) is 0 Å². The van der Waals surface area contributed by atoms with Crippen LogP contribution in [0.1, 0.15) is 20.3 Å². The van der Waals surface area contributed by atoms with Crippen LogP contribution in [-0.2, 0) is 0 Å². The largest absolute Gasteiger partial charge is 0.465 e. The smallest absolute Gasteiger partial charge is 0.411 e. The van der Waals surface area contributed by atoms with Gasteiger partial charge in [0.2, 0.25) is 0 Å². The summed E-state index contributed by atoms with van der Waals surface area (Å²) in [7, 11) is 0. The molecular weight excluding hydrogens is 352 g/mol. The van der Waals surface area contributed by atoms with E-state index in [1.165, 1.54) is 4.90 Å². The number of aromatic nitrogens is 2. The van der Waals surface area contributed by atoms with Crippen LogP contribution < -0.4 is 9.91 Å². The minimum atomic E-state index is -0.939. The molecule has 0 spiro atoms. The minimum Gasteiger partial charge on any atom is -0.465 e. The standard InChI is InChI=1S/C19H22N4O2.ClH/c1-3-12-22(16-7-10-20-11-8-16)23-13-9-15-14-17(5-6-18(15)23)21(4-2)19(24)25;/h5-11,13-14H,3-4,12H2,1-2H3,(H,24,25);1H. The number of rotatable bonds is 6. The fraction of sp³-hybridized carbons (Fsp3) is 0.263. The average molecular weight is 375 g/mol. The number of pyridine rings is 1. The number of halogens is 1. The molecule has 0 aliphatic carbocycles. The molecule has 26 heavy (non-hydrogen) atoms. The predicted molar refractivity (Wildman–Crippen MR) is 108 cm³/mol. The van der Waals surface area contributed by atoms with Gasteiger partial charge in [0, 0.05) is 42.8 Å². The number of benzene rings is 1. The van der Waals surface area contributed by atoms with Crippen molar-refractivity contribution in [2.24, 2.45) is 0 Å². The number of hydrogen-bond donors (Lipinski definition) is 1. The van der Waals surface area contributed by atoms with Gasteiger partial charge in [0.1, 0.15) is 0 Å². The zero-order chi connectivity index (χ0) is 17.8. The molecule has 3 rings (SSSR count). The Morgan fingerprint density at radius 1 is 1.12 bits per heavy atom. The molecule has 0 fully saturated rings. The quantitative estimate of drug-likeness (QED) is 0.682. The van der Waals surface area contributed by atoms with Gasteiger partial charge in [-0.05, 0) is 49.7 Å². The summed E-state index contributed by atoms with van der Waals surface area (Å²) >= 11 is 0. The lowest BCUT2D eigenvalue weighted by Crippen LogP contribution is -2.30. The van der Waals surface area contributed by atoms with E-state index < -0.39 is 6.09 Å². The van der Waals surface area contributed by atoms with Gasteiger partial charge in [-0.3, -0.25) is 19.6 Å². The molecule has 0 aliphatic heterocycles. The number of nitrogens with zero attached hydrogens (tertiary/aromatic N) is 4. The Bertz CT molecular complexity index is 866. The van der Waals surface area contributed by atoms with Gasteiger partial charge in [0.25, 0.3) is 0 Å². The highest BCUT2D eigenvalue weighted by Gasteiger charge is 2.15. The fourth-order valence-corrected chi connectivity index (χ4v) is 3.01. The molecule has 0 aliphatic rings. The van der Waals surface area contributed by atoms with Crippen molar-refractivity contribution in [3.8, 4) is 0 Å². The molecule has 3 aromatic rings. The van der Waals surface area contributed by atoms with Gasteiger partial charge in [-0.1, -0.05) is 6.92 Å². The van der Waals surface area contributed by atoms with Gasteiger partial charge >= 0.3 is 6.09 Å². The van der Waals surface area contributed by atoms with Crippen LogP contribution in [0.4, 0.5) is 16.2 Å². The molecule has 1 aromatic carbocycles. The number of carboxylic acid groups (broad SMARTS) is 1. The highest BCUT2D eigenvalue weighted by molar-refractivity contribution is 5.91. The Balaban J connectivity index is 0.00000243. The van der Waals surface area contributed by atoms with Crippen molar-refractivity contribution in [1.82, 2.24) is 9.66 Å². The molecule has 0 saturated heterocycles. The number of fused-ring (bicyclic) bond motifs is 1. The van der Waals surface area contributed by atoms with Gasteiger partial charge in [-0.25, -0.2) is 4.79 Å². The van der Waals surface area contributed by atoms with Gasteiger partial charge in [-0.2, -0.15) is 0 Å². The molecule has 6 nitrogen and oxygen atoms in total. The van der Waals surface area contributed by atoms with Crippen molar-refractivity contribution in [3.63, 3.8) is 0 Å². The Morgan fingerprint density at radius 2 is 1.85 bits per heavy atom. The van der Waals surface area contributed by atoms with E-state index in [1.807, 2.05) is 49.5 Å². The lowest BCUT2D eigenvalue weighted by atomic mass is 10.2. The first-order chi connectivity index (χ1) is 12.2. The van der Waals surface area contributed by atoms with E-state index in [2.05, 4.69) is 21.6 Å². The van der Waals surface area contributed by atoms with Crippen LogP contribution in [0.3, 0.4) is 0 Å². The van der Waals surface area contributed by atoms with E-state index in [4.69, 9.17) is 0 Å². The van der Waals surface area contributed by atoms with Crippen molar-refractivity contribution in [2.75, 3.05) is 23.0 Å². The monoisotopic (exact) mass is 374 g/mol. The van der Waals surface area contributed by atoms with Gasteiger partial charge in [0.15, 0.2) is 0 Å². The second-order valence-corrected chi connectivity index (χ2v) is 5.76. The first-order valence-electron chi connectivity index (χ1n) is 8.45. The Morgan fingerprint density at radius 3 is 2.46 bits per heavy atom. The van der Waals surface area contributed by atoms with E-state index in [-0.39, 0.29) is 12.4 Å². The van der Waals surface area contributed by atoms with E-state index in [9.17, 15) is 9.90 Å². The summed E-state index contributed by atoms with van der Waals surface area (Å²) in [5.41, 5.74) is 2.79. The topological polar surface area (TPSA) is 61.6 Å². The highest BCUT2D eigenvalue weighted by Crippen LogP contribution is 2.26. The third kappa shape index (κ3) is 3.75. The fourth-order valence-electron chi connectivity index (χ4n) is 3.01. The normalized spacial score (nSPS) is 10.4. The summed E-state index contributed by atoms with van der Waals surface area (Å²) in [6, 6.07) is 11.7. The lowest BCUT2D eigenvalue weighted by molar-refractivity contribution is 0.202. The van der Waals surface area contributed by atoms with Crippen molar-refractivity contribution >= 4 is 40.8 Å². The zero-order valence-corrected chi connectivity index (χ0v) is 15.7. The van der Waals surface area contributed by atoms with E-state index in [0.717, 1.165) is 29.6 Å². The predicted octanol–water partition coefficient (Wildman–Crippen LogP) is 4.64. The SMILES string of the molecule is CCCN(c1ccncc1)n1ccc2cc(N(CC)C(=O)O)ccc21.Cl. The van der Waals surface area contributed by atoms with Crippen molar-refractivity contribution < 1.29 is 9.90 Å². The summed E-state index contributed by atoms with van der Waals surface area (Å²) in [5, 5.41) is 12.5. The maximum Gasteiger partial charge on any atom is 0.411 e. The Labute approximate surface area is 159 Å². The maximum atomic E-state index is 11.4. The molecule has 138 valence electrons. The summed E-state index contributed by atoms with van der Waals surface area (Å²) < 4.78 is 2.11. The van der Waals surface area contributed by atoms with E-state index >= 15 is 0 Å². The molecule has 1 amide bonds. The van der Waals surface area contributed by atoms with Crippen LogP contribution in [-0.4, -0.2) is 33.9 Å². The number of carbonyl (C=O) groups is 1. The van der Waals surface area contributed by atoms with Crippen LogP contribution in [0.25, 0.3) is 10.9 Å². The molecule has 2 aromatic heterocycles. The maximum absolute atomic E-state index is 11.4. The summed E-state index contributed by atoms with van der Waals surface area (Å²) in [6.45, 7) is 5.26. The Hall–Kier alpha value is -2.73. The third-order valence-corrected chi connectivity index (χ3v) is 4.17. The summed E-state index contributed by atoms with van der Waals surface area (Å²) in [6.07, 6.45) is 5.65. The molecule has 0 bridgehead atoms. The lowest BCUT2D eigenvalue weighted by Gasteiger charge is -2.26. The minimum absolute atomic E-state index is 0. The third-order valence-electron chi connectivity index (χ3n) is 4.17. The molecule has 0 atom stereocenters. The zero-order valence-electron chi connectivity index (χ0n) is 14.9. The first-order valence-corrected chi connectivity index (χ1v) is 8.45. The summed E-state index contributed by atoms with van der Waals surface area (Å²) in [4.78, 5) is 16.8. The van der Waals surface area contributed by atoms with E-state index in [0.29, 0.717) is 12.2 Å². The average Bonchev–Trinajstić information content (AvgIpc) is 3.04. The molecule has 0 unspecified atom stereocenters. The van der Waals surface area contributed by atoms with Crippen molar-refractivity contribution in [3.05, 3.63) is 55.0 Å². The molecule has 0 saturated carbocycles. The molecule has 1 N–H and O–H groups in total. The van der Waals surface area contributed by atoms with Crippen LogP contribution in [0.15, 0.2) is 55.0 Å². The molecule has 7 heteroatoms. The van der Waals surface area contributed by atoms with Gasteiger partial charge in [-0.15, -0.1) is 12.4 Å². The number of hydrogen-bond acceptors (Lipinski definition) is 3. The Kier molecular flexibility index (Phi) is 6.46. The molecule has 2 heterocycles. The molecular formula is C19H23ClN4O2. The second-order valence-electron chi connectivity index (χ2n) is 5.76. The number of amides is 1.